The highest BCUT2D eigenvalue weighted by Gasteiger charge is 2.53. The molecule has 294 valence electrons. The summed E-state index contributed by atoms with van der Waals surface area (Å²) in [6.07, 6.45) is 6.12. The van der Waals surface area contributed by atoms with Crippen molar-refractivity contribution in [2.45, 2.75) is 99.3 Å². The highest BCUT2D eigenvalue weighted by Crippen LogP contribution is 2.52. The van der Waals surface area contributed by atoms with Crippen LogP contribution in [-0.4, -0.2) is 99.5 Å². The molecule has 0 saturated carbocycles. The van der Waals surface area contributed by atoms with E-state index in [9.17, 15) is 14.2 Å². The molecule has 0 aliphatic carbocycles. The van der Waals surface area contributed by atoms with E-state index in [1.807, 2.05) is 0 Å². The topological polar surface area (TPSA) is 156 Å². The molecule has 1 fully saturated rings. The number of alkyl carbamates (subject to hydrolysis) is 1. The molecule has 0 unspecified atom stereocenters. The molecule has 1 aliphatic rings. The van der Waals surface area contributed by atoms with Gasteiger partial charge in [-0.1, -0.05) is 105 Å². The van der Waals surface area contributed by atoms with Crippen LogP contribution in [0.1, 0.15) is 58.8 Å². The lowest BCUT2D eigenvalue weighted by Gasteiger charge is -2.45. The van der Waals surface area contributed by atoms with Crippen LogP contribution in [0.15, 0.2) is 50.3 Å². The normalized spacial score (nSPS) is 21.4. The molecule has 18 heteroatoms. The number of phosphoric ester groups is 1. The molecule has 1 heterocycles. The van der Waals surface area contributed by atoms with E-state index in [1.54, 1.807) is 20.1 Å². The fourth-order valence-electron chi connectivity index (χ4n) is 4.66. The molecule has 1 amide bonds. The van der Waals surface area contributed by atoms with Crippen molar-refractivity contribution in [3.63, 3.8) is 0 Å². The Morgan fingerprint density at radius 2 is 1.61 bits per heavy atom. The number of carbonyl (C=O) groups is 2. The zero-order valence-corrected chi connectivity index (χ0v) is 32.7. The van der Waals surface area contributed by atoms with Crippen molar-refractivity contribution in [3.8, 4) is 0 Å². The molecule has 0 aromatic carbocycles. The van der Waals surface area contributed by atoms with E-state index in [1.165, 1.54) is 24.5 Å². The SMILES string of the molecule is C=CCOC(=O)OC[C@H]1O[C@H](OC=CC)[C@H](NC(=O)OCC(Cl)(Cl)Cl)[C@@H](OCC[C@@H](CCCCCCC)OC)[C@@H]1OP(=O)(OCC=C)OCC=C. The molecule has 1 rings (SSSR count). The van der Waals surface area contributed by atoms with Gasteiger partial charge in [-0.15, -0.1) is 13.2 Å². The summed E-state index contributed by atoms with van der Waals surface area (Å²) >= 11 is 17.4. The number of amides is 1. The first-order valence-electron chi connectivity index (χ1n) is 16.6. The number of carbonyl (C=O) groups excluding carboxylic acids is 2. The lowest BCUT2D eigenvalue weighted by molar-refractivity contribution is -0.261. The first kappa shape index (κ1) is 47.2. The van der Waals surface area contributed by atoms with Crippen molar-refractivity contribution >= 4 is 54.9 Å². The van der Waals surface area contributed by atoms with Crippen LogP contribution < -0.4 is 5.32 Å². The van der Waals surface area contributed by atoms with Gasteiger partial charge in [0.1, 0.15) is 44.2 Å². The predicted octanol–water partition coefficient (Wildman–Crippen LogP) is 8.12. The van der Waals surface area contributed by atoms with Gasteiger partial charge in [0.25, 0.3) is 0 Å². The van der Waals surface area contributed by atoms with Crippen LogP contribution >= 0.6 is 42.6 Å². The third-order valence-corrected chi connectivity index (χ3v) is 8.76. The summed E-state index contributed by atoms with van der Waals surface area (Å²) in [5.74, 6) is 0. The van der Waals surface area contributed by atoms with Crippen LogP contribution in [0.25, 0.3) is 0 Å². The summed E-state index contributed by atoms with van der Waals surface area (Å²) in [7, 11) is -2.82. The Balaban J connectivity index is 3.59. The third kappa shape index (κ3) is 20.3. The number of unbranched alkanes of at least 4 members (excludes halogenated alkanes) is 4. The Kier molecular flexibility index (Phi) is 24.8. The molecule has 0 aromatic heterocycles. The third-order valence-electron chi connectivity index (χ3n) is 7.00. The van der Waals surface area contributed by atoms with Crippen molar-refractivity contribution in [1.29, 1.82) is 0 Å². The van der Waals surface area contributed by atoms with E-state index in [2.05, 4.69) is 32.0 Å². The number of allylic oxidation sites excluding steroid dienone is 1. The average molecular weight is 809 g/mol. The van der Waals surface area contributed by atoms with E-state index < -0.39 is 67.7 Å². The number of hydrogen-bond donors (Lipinski definition) is 1. The minimum atomic E-state index is -4.44. The van der Waals surface area contributed by atoms with E-state index in [4.69, 9.17) is 81.5 Å². The number of hydrogen-bond acceptors (Lipinski definition) is 13. The van der Waals surface area contributed by atoms with Crippen molar-refractivity contribution in [3.05, 3.63) is 50.3 Å². The van der Waals surface area contributed by atoms with Gasteiger partial charge in [0.05, 0.1) is 25.6 Å². The largest absolute Gasteiger partial charge is 0.508 e. The Morgan fingerprint density at radius 1 is 0.941 bits per heavy atom. The monoisotopic (exact) mass is 807 g/mol. The number of halogens is 3. The number of nitrogens with one attached hydrogen (secondary N) is 1. The lowest BCUT2D eigenvalue weighted by Crippen LogP contribution is -2.66. The molecular formula is C33H53Cl3NO13P. The van der Waals surface area contributed by atoms with Gasteiger partial charge >= 0.3 is 20.1 Å². The van der Waals surface area contributed by atoms with E-state index in [0.29, 0.717) is 6.42 Å². The maximum atomic E-state index is 14.0. The quantitative estimate of drug-likeness (QED) is 0.0212. The van der Waals surface area contributed by atoms with Crippen LogP contribution in [-0.2, 0) is 51.3 Å². The Morgan fingerprint density at radius 3 is 2.20 bits per heavy atom. The molecule has 0 bridgehead atoms. The molecular weight excluding hydrogens is 756 g/mol. The smallest absolute Gasteiger partial charge is 0.471 e. The van der Waals surface area contributed by atoms with Gasteiger partial charge in [-0.05, 0) is 19.8 Å². The predicted molar refractivity (Wildman–Crippen MR) is 194 cm³/mol. The van der Waals surface area contributed by atoms with E-state index >= 15 is 0 Å². The van der Waals surface area contributed by atoms with Gasteiger partial charge in [0, 0.05) is 13.7 Å². The summed E-state index contributed by atoms with van der Waals surface area (Å²) in [5, 5.41) is 2.62. The first-order chi connectivity index (χ1) is 24.4. The molecule has 6 atom stereocenters. The van der Waals surface area contributed by atoms with Crippen LogP contribution in [0.2, 0.25) is 0 Å². The molecule has 51 heavy (non-hydrogen) atoms. The molecule has 0 aromatic rings. The number of rotatable bonds is 27. The summed E-state index contributed by atoms with van der Waals surface area (Å²) in [6.45, 7) is 12.9. The zero-order valence-electron chi connectivity index (χ0n) is 29.6. The van der Waals surface area contributed by atoms with Crippen LogP contribution in [0, 0.1) is 0 Å². The number of ether oxygens (including phenoxy) is 7. The van der Waals surface area contributed by atoms with Crippen molar-refractivity contribution in [1.82, 2.24) is 5.32 Å². The second-order valence-electron chi connectivity index (χ2n) is 11.0. The first-order valence-corrected chi connectivity index (χ1v) is 19.2. The highest BCUT2D eigenvalue weighted by molar-refractivity contribution is 7.48. The zero-order chi connectivity index (χ0) is 38.1. The summed E-state index contributed by atoms with van der Waals surface area (Å²) in [5.41, 5.74) is 0. The fourth-order valence-corrected chi connectivity index (χ4v) is 6.15. The van der Waals surface area contributed by atoms with Gasteiger partial charge < -0.3 is 38.5 Å². The lowest BCUT2D eigenvalue weighted by atomic mass is 9.96. The molecule has 14 nitrogen and oxygen atoms in total. The Hall–Kier alpha value is -1.84. The molecule has 1 N–H and O–H groups in total. The standard InChI is InChI=1S/C33H53Cl3NO13P/c1-7-12-13-14-15-16-25(41-6)17-22-42-29-27(37-31(38)46-24-33(34,35)36)30(43-18-8-2)49-26(23-45-32(39)44-19-9-3)28(29)50-51(40,47-20-10-4)48-21-11-5/h8-11,18,25-30H,3-5,7,12-17,19-24H2,1-2,6H3,(H,37,38)/t25-,26-,27-,28-,29-,30+/m1/s1. The van der Waals surface area contributed by atoms with Crippen LogP contribution in [0.3, 0.4) is 0 Å². The maximum absolute atomic E-state index is 14.0. The minimum Gasteiger partial charge on any atom is -0.471 e. The van der Waals surface area contributed by atoms with Crippen molar-refractivity contribution < 1.29 is 60.9 Å². The summed E-state index contributed by atoms with van der Waals surface area (Å²) in [4.78, 5) is 25.4. The van der Waals surface area contributed by atoms with Crippen LogP contribution in [0.4, 0.5) is 9.59 Å². The molecule has 1 saturated heterocycles. The Labute approximate surface area is 316 Å². The number of alkyl halides is 3. The summed E-state index contributed by atoms with van der Waals surface area (Å²) < 4.78 is 68.4. The second-order valence-corrected chi connectivity index (χ2v) is 15.2. The minimum absolute atomic E-state index is 0.0655. The van der Waals surface area contributed by atoms with E-state index in [-0.39, 0.29) is 32.5 Å². The fraction of sp³-hybridized carbons (Fsp3) is 0.697. The molecule has 0 radical (unpaired) electrons. The molecule has 0 spiro atoms. The number of phosphoric acid groups is 1. The molecule has 1 aliphatic heterocycles. The van der Waals surface area contributed by atoms with Crippen LogP contribution in [0.5, 0.6) is 0 Å². The van der Waals surface area contributed by atoms with E-state index in [0.717, 1.165) is 38.5 Å². The number of methoxy groups -OCH3 is 1. The van der Waals surface area contributed by atoms with Gasteiger partial charge in [-0.3, -0.25) is 13.6 Å². The van der Waals surface area contributed by atoms with Gasteiger partial charge in [-0.2, -0.15) is 0 Å². The van der Waals surface area contributed by atoms with Crippen molar-refractivity contribution in [2.24, 2.45) is 0 Å². The van der Waals surface area contributed by atoms with Gasteiger partial charge in [0.2, 0.25) is 10.1 Å². The summed E-state index contributed by atoms with van der Waals surface area (Å²) in [6, 6.07) is -1.24. The van der Waals surface area contributed by atoms with Crippen molar-refractivity contribution in [2.75, 3.05) is 46.8 Å². The van der Waals surface area contributed by atoms with Gasteiger partial charge in [-0.25, -0.2) is 14.2 Å². The second kappa shape index (κ2) is 26.9. The van der Waals surface area contributed by atoms with Gasteiger partial charge in [0.15, 0.2) is 0 Å². The highest BCUT2D eigenvalue weighted by atomic mass is 35.6. The Bertz CT molecular complexity index is 1090. The average Bonchev–Trinajstić information content (AvgIpc) is 3.10. The maximum Gasteiger partial charge on any atom is 0.508 e.